The monoisotopic (exact) mass is 540 g/mol. The van der Waals surface area contributed by atoms with Gasteiger partial charge in [-0.15, -0.1) is 0 Å². The standard InChI is InChI=1S/C28H24Cl2F2N4O/c1-35-10-12-36(13-11-35)24-7-2-4-17-19(24)15-23(34-27(17)18-9-8-16(31)14-22(18)32)26(28(33)37)25-20(29)5-3-6-21(25)30/h2-9,14-15,26H,10-13H2,1H3,(H2,33,37). The Hall–Kier alpha value is -3.26. The third kappa shape index (κ3) is 4.87. The van der Waals surface area contributed by atoms with Crippen LogP contribution < -0.4 is 10.6 Å². The summed E-state index contributed by atoms with van der Waals surface area (Å²) in [5.74, 6) is -3.25. The van der Waals surface area contributed by atoms with Gasteiger partial charge >= 0.3 is 0 Å². The summed E-state index contributed by atoms with van der Waals surface area (Å²) in [4.78, 5) is 22.1. The fourth-order valence-corrected chi connectivity index (χ4v) is 5.48. The molecule has 9 heteroatoms. The molecule has 1 aromatic heterocycles. The van der Waals surface area contributed by atoms with Gasteiger partial charge in [0.25, 0.3) is 0 Å². The Morgan fingerprint density at radius 2 is 1.62 bits per heavy atom. The first-order valence-electron chi connectivity index (χ1n) is 11.8. The van der Waals surface area contributed by atoms with Gasteiger partial charge in [-0.1, -0.05) is 41.4 Å². The lowest BCUT2D eigenvalue weighted by molar-refractivity contribution is -0.118. The third-order valence-electron chi connectivity index (χ3n) is 6.77. The van der Waals surface area contributed by atoms with Crippen molar-refractivity contribution in [1.29, 1.82) is 0 Å². The Kier molecular flexibility index (Phi) is 7.03. The molecule has 1 amide bonds. The minimum atomic E-state index is -1.09. The van der Waals surface area contributed by atoms with Crippen LogP contribution in [-0.4, -0.2) is 49.0 Å². The van der Waals surface area contributed by atoms with Crippen molar-refractivity contribution < 1.29 is 13.6 Å². The van der Waals surface area contributed by atoms with Gasteiger partial charge in [-0.05, 0) is 43.4 Å². The summed E-state index contributed by atoms with van der Waals surface area (Å²) in [5.41, 5.74) is 7.79. The molecule has 1 atom stereocenters. The Morgan fingerprint density at radius 1 is 0.946 bits per heavy atom. The summed E-state index contributed by atoms with van der Waals surface area (Å²) in [6, 6.07) is 15.8. The Labute approximate surface area is 223 Å². The Balaban J connectivity index is 1.81. The number of hydrogen-bond acceptors (Lipinski definition) is 4. The van der Waals surface area contributed by atoms with Gasteiger partial charge < -0.3 is 15.5 Å². The molecule has 190 valence electrons. The first-order valence-corrected chi connectivity index (χ1v) is 12.6. The number of carbonyl (C=O) groups excluding carboxylic acids is 1. The van der Waals surface area contributed by atoms with Crippen molar-refractivity contribution in [3.05, 3.63) is 93.6 Å². The van der Waals surface area contributed by atoms with E-state index in [1.54, 1.807) is 24.3 Å². The number of pyridine rings is 1. The number of nitrogens with zero attached hydrogens (tertiary/aromatic N) is 3. The van der Waals surface area contributed by atoms with E-state index in [0.29, 0.717) is 10.9 Å². The van der Waals surface area contributed by atoms with Gasteiger partial charge in [0, 0.05) is 69.9 Å². The molecule has 0 aliphatic carbocycles. The van der Waals surface area contributed by atoms with Gasteiger partial charge in [0.1, 0.15) is 17.6 Å². The summed E-state index contributed by atoms with van der Waals surface area (Å²) in [5, 5.41) is 1.96. The van der Waals surface area contributed by atoms with Crippen molar-refractivity contribution in [2.45, 2.75) is 5.92 Å². The molecule has 4 aromatic rings. The predicted molar refractivity (Wildman–Crippen MR) is 144 cm³/mol. The van der Waals surface area contributed by atoms with Crippen LogP contribution >= 0.6 is 23.2 Å². The van der Waals surface area contributed by atoms with E-state index in [1.807, 2.05) is 18.2 Å². The first-order chi connectivity index (χ1) is 17.7. The van der Waals surface area contributed by atoms with E-state index < -0.39 is 23.5 Å². The van der Waals surface area contributed by atoms with Gasteiger partial charge in [0.05, 0.1) is 11.4 Å². The van der Waals surface area contributed by atoms with E-state index in [9.17, 15) is 9.18 Å². The smallest absolute Gasteiger partial charge is 0.231 e. The summed E-state index contributed by atoms with van der Waals surface area (Å²) in [6.07, 6.45) is 0. The number of aromatic nitrogens is 1. The number of nitrogens with two attached hydrogens (primary N) is 1. The highest BCUT2D eigenvalue weighted by Crippen LogP contribution is 2.40. The normalized spacial score (nSPS) is 15.2. The van der Waals surface area contributed by atoms with Crippen LogP contribution in [0.4, 0.5) is 14.5 Å². The SMILES string of the molecule is CN1CCN(c2cccc3c(-c4ccc(F)cc4F)nc(C(C(N)=O)c4c(Cl)cccc4Cl)cc23)CC1. The number of fused-ring (bicyclic) bond motifs is 1. The molecular weight excluding hydrogens is 517 g/mol. The molecule has 3 aromatic carbocycles. The van der Waals surface area contributed by atoms with Crippen LogP contribution in [0.15, 0.2) is 60.7 Å². The van der Waals surface area contributed by atoms with Gasteiger partial charge in [-0.3, -0.25) is 9.78 Å². The van der Waals surface area contributed by atoms with Crippen LogP contribution in [0.1, 0.15) is 17.2 Å². The molecule has 2 heterocycles. The van der Waals surface area contributed by atoms with Crippen molar-refractivity contribution in [2.24, 2.45) is 5.73 Å². The second-order valence-electron chi connectivity index (χ2n) is 9.15. The zero-order valence-corrected chi connectivity index (χ0v) is 21.5. The number of carbonyl (C=O) groups is 1. The minimum Gasteiger partial charge on any atom is -0.369 e. The molecule has 0 spiro atoms. The van der Waals surface area contributed by atoms with E-state index >= 15 is 4.39 Å². The van der Waals surface area contributed by atoms with Gasteiger partial charge in [-0.25, -0.2) is 8.78 Å². The number of rotatable bonds is 5. The summed E-state index contributed by atoms with van der Waals surface area (Å²) < 4.78 is 28.9. The molecule has 37 heavy (non-hydrogen) atoms. The lowest BCUT2D eigenvalue weighted by Crippen LogP contribution is -2.44. The number of amides is 1. The van der Waals surface area contributed by atoms with Crippen molar-refractivity contribution in [1.82, 2.24) is 9.88 Å². The molecule has 0 bridgehead atoms. The molecule has 1 unspecified atom stereocenters. The van der Waals surface area contributed by atoms with Crippen molar-refractivity contribution in [2.75, 3.05) is 38.1 Å². The van der Waals surface area contributed by atoms with Crippen LogP contribution in [0.2, 0.25) is 10.0 Å². The van der Waals surface area contributed by atoms with Gasteiger partial charge in [-0.2, -0.15) is 0 Å². The summed E-state index contributed by atoms with van der Waals surface area (Å²) in [7, 11) is 2.07. The molecule has 0 saturated carbocycles. The maximum Gasteiger partial charge on any atom is 0.231 e. The summed E-state index contributed by atoms with van der Waals surface area (Å²) in [6.45, 7) is 3.35. The number of primary amides is 1. The zero-order chi connectivity index (χ0) is 26.3. The highest BCUT2D eigenvalue weighted by atomic mass is 35.5. The van der Waals surface area contributed by atoms with Crippen LogP contribution in [0.3, 0.4) is 0 Å². The minimum absolute atomic E-state index is 0.109. The quantitative estimate of drug-likeness (QED) is 0.344. The number of likely N-dealkylation sites (N-methyl/N-ethyl adjacent to an activating group) is 1. The Bertz CT molecular complexity index is 1490. The maximum absolute atomic E-state index is 15.1. The van der Waals surface area contributed by atoms with Crippen molar-refractivity contribution in [3.63, 3.8) is 0 Å². The molecule has 1 fully saturated rings. The summed E-state index contributed by atoms with van der Waals surface area (Å²) >= 11 is 12.9. The highest BCUT2D eigenvalue weighted by molar-refractivity contribution is 6.36. The van der Waals surface area contributed by atoms with Crippen LogP contribution in [0.5, 0.6) is 0 Å². The lowest BCUT2D eigenvalue weighted by Gasteiger charge is -2.35. The van der Waals surface area contributed by atoms with E-state index in [1.165, 1.54) is 12.1 Å². The number of halogens is 4. The molecule has 1 aliphatic rings. The lowest BCUT2D eigenvalue weighted by atomic mass is 9.91. The topological polar surface area (TPSA) is 62.5 Å². The van der Waals surface area contributed by atoms with Crippen LogP contribution in [-0.2, 0) is 4.79 Å². The third-order valence-corrected chi connectivity index (χ3v) is 7.43. The molecule has 5 nitrogen and oxygen atoms in total. The maximum atomic E-state index is 15.1. The number of piperazine rings is 1. The van der Waals surface area contributed by atoms with Crippen LogP contribution in [0.25, 0.3) is 22.0 Å². The van der Waals surface area contributed by atoms with Crippen LogP contribution in [0, 0.1) is 11.6 Å². The van der Waals surface area contributed by atoms with Gasteiger partial charge in [0.2, 0.25) is 5.91 Å². The molecule has 1 saturated heterocycles. The molecule has 5 rings (SSSR count). The molecule has 0 radical (unpaired) electrons. The molecule has 1 aliphatic heterocycles. The number of benzene rings is 3. The van der Waals surface area contributed by atoms with E-state index in [2.05, 4.69) is 16.8 Å². The predicted octanol–water partition coefficient (Wildman–Crippen LogP) is 5.86. The molecular formula is C28H24Cl2F2N4O. The second kappa shape index (κ2) is 10.2. The number of hydrogen-bond donors (Lipinski definition) is 1. The highest BCUT2D eigenvalue weighted by Gasteiger charge is 2.29. The van der Waals surface area contributed by atoms with E-state index in [-0.39, 0.29) is 27.0 Å². The fourth-order valence-electron chi connectivity index (χ4n) is 4.86. The number of anilines is 1. The average molecular weight is 541 g/mol. The van der Waals surface area contributed by atoms with E-state index in [0.717, 1.165) is 43.3 Å². The second-order valence-corrected chi connectivity index (χ2v) is 9.97. The average Bonchev–Trinajstić information content (AvgIpc) is 2.86. The zero-order valence-electron chi connectivity index (χ0n) is 20.0. The fraction of sp³-hybridized carbons (Fsp3) is 0.214. The van der Waals surface area contributed by atoms with Gasteiger partial charge in [0.15, 0.2) is 0 Å². The Morgan fingerprint density at radius 3 is 2.27 bits per heavy atom. The molecule has 2 N–H and O–H groups in total. The largest absolute Gasteiger partial charge is 0.369 e. The first kappa shape index (κ1) is 25.4. The van der Waals surface area contributed by atoms with Crippen molar-refractivity contribution in [3.8, 4) is 11.3 Å². The van der Waals surface area contributed by atoms with E-state index in [4.69, 9.17) is 33.9 Å². The van der Waals surface area contributed by atoms with Crippen molar-refractivity contribution >= 4 is 45.6 Å².